The molecule has 1 aliphatic rings. The molecule has 2 N–H and O–H groups in total. The molecule has 0 saturated carbocycles. The minimum Gasteiger partial charge on any atom is -0.391 e. The van der Waals surface area contributed by atoms with E-state index in [0.717, 1.165) is 30.4 Å². The number of piperidine rings is 1. The first-order valence-corrected chi connectivity index (χ1v) is 4.32. The summed E-state index contributed by atoms with van der Waals surface area (Å²) in [5, 5.41) is 12.0. The Balaban J connectivity index is 2.51. The Labute approximate surface area is 69.4 Å². The van der Waals surface area contributed by atoms with E-state index < -0.39 is 0 Å². The van der Waals surface area contributed by atoms with Crippen molar-refractivity contribution in [2.24, 2.45) is 0 Å². The number of hydrogen-bond donors (Lipinski definition) is 2. The zero-order chi connectivity index (χ0) is 7.40. The second-order valence-electron chi connectivity index (χ2n) is 2.42. The van der Waals surface area contributed by atoms with Gasteiger partial charge in [0.1, 0.15) is 0 Å². The van der Waals surface area contributed by atoms with E-state index in [1.54, 1.807) is 0 Å². The maximum absolute atomic E-state index is 8.76. The molecule has 3 heteroatoms. The summed E-state index contributed by atoms with van der Waals surface area (Å²) in [7, 11) is 0. The molecule has 10 heavy (non-hydrogen) atoms. The predicted molar refractivity (Wildman–Crippen MR) is 45.1 cm³/mol. The molecule has 0 aromatic heterocycles. The van der Waals surface area contributed by atoms with Gasteiger partial charge < -0.3 is 10.4 Å². The van der Waals surface area contributed by atoms with Crippen LogP contribution in [-0.2, 0) is 0 Å². The molecule has 1 aliphatic heterocycles. The fraction of sp³-hybridized carbons (Fsp3) is 0.714. The minimum absolute atomic E-state index is 0.148. The van der Waals surface area contributed by atoms with Gasteiger partial charge in [-0.25, -0.2) is 0 Å². The number of rotatable bonds is 1. The monoisotopic (exact) mass is 205 g/mol. The molecule has 0 unspecified atom stereocenters. The number of halogens is 1. The highest BCUT2D eigenvalue weighted by Crippen LogP contribution is 2.19. The normalized spacial score (nSPS) is 19.2. The SMILES string of the molecule is OCC(Br)=C1CCNCC1. The third kappa shape index (κ3) is 2.08. The van der Waals surface area contributed by atoms with Gasteiger partial charge in [-0.3, -0.25) is 0 Å². The summed E-state index contributed by atoms with van der Waals surface area (Å²) in [5.41, 5.74) is 1.36. The van der Waals surface area contributed by atoms with Crippen LogP contribution in [0.3, 0.4) is 0 Å². The van der Waals surface area contributed by atoms with Gasteiger partial charge in [-0.15, -0.1) is 0 Å². The molecule has 0 aliphatic carbocycles. The lowest BCUT2D eigenvalue weighted by atomic mass is 10.1. The van der Waals surface area contributed by atoms with E-state index in [0.29, 0.717) is 0 Å². The summed E-state index contributed by atoms with van der Waals surface area (Å²) >= 11 is 3.34. The van der Waals surface area contributed by atoms with Crippen LogP contribution in [0.25, 0.3) is 0 Å². The number of hydrogen-bond acceptors (Lipinski definition) is 2. The van der Waals surface area contributed by atoms with Crippen molar-refractivity contribution in [1.29, 1.82) is 0 Å². The Morgan fingerprint density at radius 2 is 2.10 bits per heavy atom. The van der Waals surface area contributed by atoms with E-state index in [9.17, 15) is 0 Å². The molecule has 0 spiro atoms. The van der Waals surface area contributed by atoms with E-state index in [-0.39, 0.29) is 6.61 Å². The summed E-state index contributed by atoms with van der Waals surface area (Å²) in [6, 6.07) is 0. The first-order chi connectivity index (χ1) is 4.84. The summed E-state index contributed by atoms with van der Waals surface area (Å²) in [6.45, 7) is 2.24. The lowest BCUT2D eigenvalue weighted by molar-refractivity contribution is 0.338. The highest BCUT2D eigenvalue weighted by Gasteiger charge is 2.07. The van der Waals surface area contributed by atoms with Crippen LogP contribution >= 0.6 is 15.9 Å². The molecule has 0 aromatic carbocycles. The van der Waals surface area contributed by atoms with Crippen LogP contribution < -0.4 is 5.32 Å². The lowest BCUT2D eigenvalue weighted by Crippen LogP contribution is -2.23. The molecule has 58 valence electrons. The molecule has 0 aromatic rings. The van der Waals surface area contributed by atoms with Gasteiger partial charge in [-0.05, 0) is 25.9 Å². The summed E-state index contributed by atoms with van der Waals surface area (Å²) in [4.78, 5) is 0. The third-order valence-electron chi connectivity index (χ3n) is 1.73. The maximum atomic E-state index is 8.76. The van der Waals surface area contributed by atoms with Crippen LogP contribution in [0.2, 0.25) is 0 Å². The van der Waals surface area contributed by atoms with E-state index >= 15 is 0 Å². The van der Waals surface area contributed by atoms with E-state index in [1.807, 2.05) is 0 Å². The Morgan fingerprint density at radius 3 is 2.60 bits per heavy atom. The van der Waals surface area contributed by atoms with E-state index in [1.165, 1.54) is 5.57 Å². The van der Waals surface area contributed by atoms with Crippen LogP contribution in [0.5, 0.6) is 0 Å². The van der Waals surface area contributed by atoms with Crippen molar-refractivity contribution in [1.82, 2.24) is 5.32 Å². The van der Waals surface area contributed by atoms with E-state index in [2.05, 4.69) is 21.2 Å². The average molecular weight is 206 g/mol. The molecule has 2 nitrogen and oxygen atoms in total. The molecule has 1 fully saturated rings. The Hall–Kier alpha value is 0.140. The van der Waals surface area contributed by atoms with Crippen LogP contribution in [0.4, 0.5) is 0 Å². The quantitative estimate of drug-likeness (QED) is 0.671. The van der Waals surface area contributed by atoms with Gasteiger partial charge in [0.15, 0.2) is 0 Å². The Morgan fingerprint density at radius 1 is 1.50 bits per heavy atom. The second kappa shape index (κ2) is 4.11. The van der Waals surface area contributed by atoms with Crippen molar-refractivity contribution in [2.45, 2.75) is 12.8 Å². The minimum atomic E-state index is 0.148. The first kappa shape index (κ1) is 8.24. The van der Waals surface area contributed by atoms with Gasteiger partial charge in [0, 0.05) is 4.48 Å². The summed E-state index contributed by atoms with van der Waals surface area (Å²) < 4.78 is 0.981. The van der Waals surface area contributed by atoms with Crippen LogP contribution in [0.1, 0.15) is 12.8 Å². The average Bonchev–Trinajstić information content (AvgIpc) is 2.05. The number of aliphatic hydroxyl groups excluding tert-OH is 1. The molecular formula is C7H12BrNO. The largest absolute Gasteiger partial charge is 0.391 e. The van der Waals surface area contributed by atoms with Crippen LogP contribution in [-0.4, -0.2) is 24.8 Å². The van der Waals surface area contributed by atoms with Gasteiger partial charge >= 0.3 is 0 Å². The molecule has 0 radical (unpaired) electrons. The predicted octanol–water partition coefficient (Wildman–Crippen LogP) is 1.01. The van der Waals surface area contributed by atoms with Gasteiger partial charge in [0.2, 0.25) is 0 Å². The Kier molecular flexibility index (Phi) is 3.39. The molecule has 1 saturated heterocycles. The molecule has 0 bridgehead atoms. The zero-order valence-corrected chi connectivity index (χ0v) is 7.45. The van der Waals surface area contributed by atoms with Gasteiger partial charge in [-0.1, -0.05) is 21.5 Å². The summed E-state index contributed by atoms with van der Waals surface area (Å²) in [6.07, 6.45) is 2.14. The standard InChI is InChI=1S/C7H12BrNO/c8-7(5-10)6-1-3-9-4-2-6/h9-10H,1-5H2. The molecule has 1 rings (SSSR count). The first-order valence-electron chi connectivity index (χ1n) is 3.52. The van der Waals surface area contributed by atoms with Crippen molar-refractivity contribution in [2.75, 3.05) is 19.7 Å². The maximum Gasteiger partial charge on any atom is 0.0746 e. The van der Waals surface area contributed by atoms with Crippen molar-refractivity contribution < 1.29 is 5.11 Å². The van der Waals surface area contributed by atoms with Gasteiger partial charge in [0.25, 0.3) is 0 Å². The van der Waals surface area contributed by atoms with Crippen LogP contribution in [0, 0.1) is 0 Å². The molecule has 0 atom stereocenters. The van der Waals surface area contributed by atoms with Crippen molar-refractivity contribution in [3.05, 3.63) is 10.1 Å². The highest BCUT2D eigenvalue weighted by atomic mass is 79.9. The van der Waals surface area contributed by atoms with Crippen LogP contribution in [0.15, 0.2) is 10.1 Å². The Bertz CT molecular complexity index is 137. The second-order valence-corrected chi connectivity index (χ2v) is 3.37. The van der Waals surface area contributed by atoms with Crippen molar-refractivity contribution in [3.8, 4) is 0 Å². The fourth-order valence-corrected chi connectivity index (χ4v) is 1.51. The van der Waals surface area contributed by atoms with Crippen molar-refractivity contribution in [3.63, 3.8) is 0 Å². The smallest absolute Gasteiger partial charge is 0.0746 e. The van der Waals surface area contributed by atoms with Gasteiger partial charge in [-0.2, -0.15) is 0 Å². The molecule has 0 amide bonds. The highest BCUT2D eigenvalue weighted by molar-refractivity contribution is 9.11. The van der Waals surface area contributed by atoms with Crippen molar-refractivity contribution >= 4 is 15.9 Å². The third-order valence-corrected chi connectivity index (χ3v) is 2.54. The zero-order valence-electron chi connectivity index (χ0n) is 5.86. The molecular weight excluding hydrogens is 194 g/mol. The fourth-order valence-electron chi connectivity index (χ4n) is 1.11. The lowest BCUT2D eigenvalue weighted by Gasteiger charge is -2.16. The number of aliphatic hydroxyl groups is 1. The molecule has 1 heterocycles. The summed E-state index contributed by atoms with van der Waals surface area (Å²) in [5.74, 6) is 0. The number of nitrogens with one attached hydrogen (secondary N) is 1. The van der Waals surface area contributed by atoms with Gasteiger partial charge in [0.05, 0.1) is 6.61 Å². The van der Waals surface area contributed by atoms with E-state index in [4.69, 9.17) is 5.11 Å². The topological polar surface area (TPSA) is 32.3 Å².